The van der Waals surface area contributed by atoms with Crippen LogP contribution in [0.2, 0.25) is 0 Å². The molecule has 0 amide bonds. The first-order valence-electron chi connectivity index (χ1n) is 5.01. The van der Waals surface area contributed by atoms with E-state index in [2.05, 4.69) is 26.5 Å². The molecule has 0 spiro atoms. The van der Waals surface area contributed by atoms with Gasteiger partial charge in [0, 0.05) is 9.86 Å². The van der Waals surface area contributed by atoms with Crippen LogP contribution in [0, 0.1) is 0 Å². The molecule has 1 N–H and O–H groups in total. The molecule has 0 saturated carbocycles. The molecule has 6 heteroatoms. The number of hydrogen-bond acceptors (Lipinski definition) is 2. The predicted octanol–water partition coefficient (Wildman–Crippen LogP) is 4.56. The van der Waals surface area contributed by atoms with Crippen LogP contribution in [0.5, 0.6) is 0 Å². The van der Waals surface area contributed by atoms with Gasteiger partial charge in [-0.3, -0.25) is 5.43 Å². The highest BCUT2D eigenvalue weighted by atomic mass is 79.9. The highest BCUT2D eigenvalue weighted by Gasteiger charge is 2.23. The monoisotopic (exact) mass is 316 g/mol. The zero-order valence-corrected chi connectivity index (χ0v) is 10.6. The smallest absolute Gasteiger partial charge is 0.278 e. The van der Waals surface area contributed by atoms with Crippen molar-refractivity contribution >= 4 is 38.6 Å². The van der Waals surface area contributed by atoms with E-state index in [0.717, 1.165) is 15.2 Å². The maximum absolute atomic E-state index is 11.9. The third kappa shape index (κ3) is 3.01. The van der Waals surface area contributed by atoms with Gasteiger partial charge in [-0.2, -0.15) is 18.3 Å². The van der Waals surface area contributed by atoms with Crippen LogP contribution in [-0.4, -0.2) is 12.4 Å². The lowest BCUT2D eigenvalue weighted by Crippen LogP contribution is -2.10. The summed E-state index contributed by atoms with van der Waals surface area (Å²) in [6, 6.07) is 10.8. The number of rotatable bonds is 2. The lowest BCUT2D eigenvalue weighted by atomic mass is 10.1. The summed E-state index contributed by atoms with van der Waals surface area (Å²) in [4.78, 5) is 0. The lowest BCUT2D eigenvalue weighted by Gasteiger charge is -2.07. The largest absolute Gasteiger partial charge is 0.428 e. The number of anilines is 1. The Morgan fingerprint density at radius 2 is 1.72 bits per heavy atom. The minimum atomic E-state index is -4.42. The molecule has 94 valence electrons. The molecule has 0 radical (unpaired) electrons. The minimum Gasteiger partial charge on any atom is -0.278 e. The van der Waals surface area contributed by atoms with Crippen molar-refractivity contribution in [3.8, 4) is 0 Å². The molecule has 0 atom stereocenters. The second kappa shape index (κ2) is 4.97. The summed E-state index contributed by atoms with van der Waals surface area (Å²) < 4.78 is 36.7. The van der Waals surface area contributed by atoms with Crippen LogP contribution in [0.15, 0.2) is 46.0 Å². The molecule has 0 aromatic heterocycles. The molecule has 2 aromatic carbocycles. The Balaban J connectivity index is 2.35. The number of nitrogens with one attached hydrogen (secondary N) is 1. The highest BCUT2D eigenvalue weighted by Crippen LogP contribution is 2.29. The van der Waals surface area contributed by atoms with Crippen molar-refractivity contribution in [1.29, 1.82) is 0 Å². The number of halogens is 4. The molecule has 0 aliphatic carbocycles. The van der Waals surface area contributed by atoms with Crippen LogP contribution in [0.25, 0.3) is 10.8 Å². The zero-order valence-electron chi connectivity index (χ0n) is 9.00. The Labute approximate surface area is 110 Å². The van der Waals surface area contributed by atoms with Gasteiger partial charge in [-0.1, -0.05) is 40.2 Å². The van der Waals surface area contributed by atoms with Crippen LogP contribution in [-0.2, 0) is 0 Å². The molecule has 0 saturated heterocycles. The van der Waals surface area contributed by atoms with E-state index in [1.807, 2.05) is 24.3 Å². The molecule has 0 bridgehead atoms. The third-order valence-corrected chi connectivity index (χ3v) is 2.96. The Morgan fingerprint density at radius 3 is 2.39 bits per heavy atom. The Hall–Kier alpha value is -1.56. The number of hydrazone groups is 1. The van der Waals surface area contributed by atoms with Crippen molar-refractivity contribution in [1.82, 2.24) is 0 Å². The SMILES string of the molecule is FC(F)(F)/C=N/Nc1ccc(Br)c2ccccc12. The van der Waals surface area contributed by atoms with Crippen LogP contribution in [0.1, 0.15) is 0 Å². The fourth-order valence-corrected chi connectivity index (χ4v) is 2.01. The summed E-state index contributed by atoms with van der Waals surface area (Å²) in [5.74, 6) is 0. The molecular formula is C12H8BrF3N2. The van der Waals surface area contributed by atoms with E-state index < -0.39 is 6.18 Å². The van der Waals surface area contributed by atoms with Crippen molar-refractivity contribution < 1.29 is 13.2 Å². The third-order valence-electron chi connectivity index (χ3n) is 2.27. The van der Waals surface area contributed by atoms with E-state index in [1.54, 1.807) is 12.1 Å². The first kappa shape index (κ1) is 12.9. The molecule has 18 heavy (non-hydrogen) atoms. The van der Waals surface area contributed by atoms with Crippen LogP contribution in [0.4, 0.5) is 18.9 Å². The standard InChI is InChI=1S/C12H8BrF3N2/c13-10-5-6-11(18-17-7-12(14,15)16)9-4-2-1-3-8(9)10/h1-7,18H/b17-7+. The molecule has 0 aliphatic rings. The number of fused-ring (bicyclic) bond motifs is 1. The maximum Gasteiger partial charge on any atom is 0.428 e. The van der Waals surface area contributed by atoms with Crippen LogP contribution < -0.4 is 5.43 Å². The normalized spacial score (nSPS) is 12.2. The topological polar surface area (TPSA) is 24.4 Å². The average molecular weight is 317 g/mol. The van der Waals surface area contributed by atoms with Gasteiger partial charge < -0.3 is 0 Å². The van der Waals surface area contributed by atoms with Crippen molar-refractivity contribution in [2.24, 2.45) is 5.10 Å². The lowest BCUT2D eigenvalue weighted by molar-refractivity contribution is -0.0536. The molecule has 0 unspecified atom stereocenters. The van der Waals surface area contributed by atoms with Gasteiger partial charge in [0.15, 0.2) is 0 Å². The van der Waals surface area contributed by atoms with Gasteiger partial charge in [0.25, 0.3) is 0 Å². The Morgan fingerprint density at radius 1 is 1.06 bits per heavy atom. The molecule has 2 aromatic rings. The molecular weight excluding hydrogens is 309 g/mol. The van der Waals surface area contributed by atoms with E-state index in [-0.39, 0.29) is 6.21 Å². The summed E-state index contributed by atoms with van der Waals surface area (Å²) in [5, 5.41) is 4.88. The van der Waals surface area contributed by atoms with E-state index in [0.29, 0.717) is 5.69 Å². The van der Waals surface area contributed by atoms with Crippen LogP contribution >= 0.6 is 15.9 Å². The number of benzene rings is 2. The summed E-state index contributed by atoms with van der Waals surface area (Å²) in [6.45, 7) is 0. The van der Waals surface area contributed by atoms with Gasteiger partial charge >= 0.3 is 6.18 Å². The van der Waals surface area contributed by atoms with E-state index in [4.69, 9.17) is 0 Å². The first-order valence-corrected chi connectivity index (χ1v) is 5.81. The second-order valence-electron chi connectivity index (χ2n) is 3.55. The quantitative estimate of drug-likeness (QED) is 0.637. The molecule has 2 rings (SSSR count). The minimum absolute atomic E-state index is 0.0795. The van der Waals surface area contributed by atoms with Crippen molar-refractivity contribution in [2.45, 2.75) is 6.18 Å². The Kier molecular flexibility index (Phi) is 3.56. The van der Waals surface area contributed by atoms with E-state index in [9.17, 15) is 13.2 Å². The number of hydrogen-bond donors (Lipinski definition) is 1. The first-order chi connectivity index (χ1) is 8.47. The summed E-state index contributed by atoms with van der Waals surface area (Å²) in [7, 11) is 0. The molecule has 2 nitrogen and oxygen atoms in total. The number of nitrogens with zero attached hydrogens (tertiary/aromatic N) is 1. The fraction of sp³-hybridized carbons (Fsp3) is 0.0833. The van der Waals surface area contributed by atoms with Gasteiger partial charge in [0.05, 0.1) is 5.69 Å². The second-order valence-corrected chi connectivity index (χ2v) is 4.41. The molecule has 0 fully saturated rings. The summed E-state index contributed by atoms with van der Waals surface area (Å²) in [6.07, 6.45) is -4.50. The van der Waals surface area contributed by atoms with Gasteiger partial charge in [-0.25, -0.2) is 0 Å². The van der Waals surface area contributed by atoms with Crippen molar-refractivity contribution in [3.05, 3.63) is 40.9 Å². The molecule has 0 heterocycles. The maximum atomic E-state index is 11.9. The van der Waals surface area contributed by atoms with E-state index >= 15 is 0 Å². The summed E-state index contributed by atoms with van der Waals surface area (Å²) in [5.41, 5.74) is 2.92. The highest BCUT2D eigenvalue weighted by molar-refractivity contribution is 9.10. The zero-order chi connectivity index (χ0) is 13.2. The predicted molar refractivity (Wildman–Crippen MR) is 69.8 cm³/mol. The fourth-order valence-electron chi connectivity index (χ4n) is 1.53. The van der Waals surface area contributed by atoms with Gasteiger partial charge in [0.1, 0.15) is 6.21 Å². The Bertz CT molecular complexity index is 593. The van der Waals surface area contributed by atoms with Crippen molar-refractivity contribution in [3.63, 3.8) is 0 Å². The average Bonchev–Trinajstić information content (AvgIpc) is 2.31. The van der Waals surface area contributed by atoms with E-state index in [1.165, 1.54) is 0 Å². The molecule has 0 aliphatic heterocycles. The van der Waals surface area contributed by atoms with Crippen LogP contribution in [0.3, 0.4) is 0 Å². The summed E-state index contributed by atoms with van der Waals surface area (Å²) >= 11 is 3.38. The number of alkyl halides is 3. The van der Waals surface area contributed by atoms with Gasteiger partial charge in [-0.05, 0) is 17.5 Å². The van der Waals surface area contributed by atoms with Crippen molar-refractivity contribution in [2.75, 3.05) is 5.43 Å². The van der Waals surface area contributed by atoms with Gasteiger partial charge in [-0.15, -0.1) is 0 Å². The van der Waals surface area contributed by atoms with Gasteiger partial charge in [0.2, 0.25) is 0 Å².